The summed E-state index contributed by atoms with van der Waals surface area (Å²) < 4.78 is 1.49. The lowest BCUT2D eigenvalue weighted by molar-refractivity contribution is 0.444. The molecule has 1 aliphatic rings. The second-order valence-corrected chi connectivity index (χ2v) is 6.71. The molecule has 128 valence electrons. The van der Waals surface area contributed by atoms with Crippen molar-refractivity contribution in [2.45, 2.75) is 50.7 Å². The van der Waals surface area contributed by atoms with Gasteiger partial charge >= 0.3 is 5.69 Å². The van der Waals surface area contributed by atoms with Crippen LogP contribution < -0.4 is 22.5 Å². The highest BCUT2D eigenvalue weighted by atomic mass is 16.1. The number of rotatable bonds is 5. The van der Waals surface area contributed by atoms with E-state index >= 15 is 0 Å². The van der Waals surface area contributed by atoms with Crippen LogP contribution in [0.4, 0.5) is 5.82 Å². The zero-order valence-corrected chi connectivity index (χ0v) is 14.0. The summed E-state index contributed by atoms with van der Waals surface area (Å²) >= 11 is 0. The number of hydrogen-bond donors (Lipinski definition) is 3. The Morgan fingerprint density at radius 3 is 2.67 bits per heavy atom. The van der Waals surface area contributed by atoms with Gasteiger partial charge in [0.05, 0.1) is 5.69 Å². The summed E-state index contributed by atoms with van der Waals surface area (Å²) in [6.07, 6.45) is 5.94. The van der Waals surface area contributed by atoms with Crippen LogP contribution in [0, 0.1) is 0 Å². The summed E-state index contributed by atoms with van der Waals surface area (Å²) in [6, 6.07) is 10.9. The van der Waals surface area contributed by atoms with Crippen molar-refractivity contribution in [2.75, 3.05) is 5.73 Å². The monoisotopic (exact) mass is 327 g/mol. The van der Waals surface area contributed by atoms with E-state index in [9.17, 15) is 4.79 Å². The van der Waals surface area contributed by atoms with Gasteiger partial charge in [-0.2, -0.15) is 4.98 Å². The van der Waals surface area contributed by atoms with Gasteiger partial charge in [0.25, 0.3) is 0 Å². The van der Waals surface area contributed by atoms with Crippen molar-refractivity contribution in [3.05, 3.63) is 52.6 Å². The highest BCUT2D eigenvalue weighted by molar-refractivity contribution is 5.36. The largest absolute Gasteiger partial charge is 0.383 e. The first-order valence-electron chi connectivity index (χ1n) is 8.47. The molecule has 1 unspecified atom stereocenters. The van der Waals surface area contributed by atoms with Gasteiger partial charge in [0.2, 0.25) is 0 Å². The van der Waals surface area contributed by atoms with E-state index in [0.29, 0.717) is 18.1 Å². The number of aromatic nitrogens is 2. The highest BCUT2D eigenvalue weighted by Crippen LogP contribution is 2.18. The van der Waals surface area contributed by atoms with Crippen LogP contribution in [0.5, 0.6) is 0 Å². The van der Waals surface area contributed by atoms with Crippen molar-refractivity contribution in [3.8, 4) is 5.69 Å². The van der Waals surface area contributed by atoms with Crippen molar-refractivity contribution in [3.63, 3.8) is 0 Å². The first-order chi connectivity index (χ1) is 11.5. The molecule has 1 aliphatic carbocycles. The molecule has 0 radical (unpaired) electrons. The van der Waals surface area contributed by atoms with Gasteiger partial charge in [0.1, 0.15) is 5.82 Å². The van der Waals surface area contributed by atoms with E-state index in [-0.39, 0.29) is 11.5 Å². The lowest BCUT2D eigenvalue weighted by atomic mass is 10.1. The van der Waals surface area contributed by atoms with Gasteiger partial charge in [0.15, 0.2) is 0 Å². The van der Waals surface area contributed by atoms with Crippen molar-refractivity contribution in [2.24, 2.45) is 5.73 Å². The summed E-state index contributed by atoms with van der Waals surface area (Å²) in [5.74, 6) is 0.236. The third kappa shape index (κ3) is 4.01. The average molecular weight is 327 g/mol. The molecule has 0 saturated heterocycles. The number of anilines is 1. The fraction of sp³-hybridized carbons (Fsp3) is 0.444. The zero-order valence-electron chi connectivity index (χ0n) is 14.0. The number of nitrogens with two attached hydrogens (primary N) is 2. The average Bonchev–Trinajstić information content (AvgIpc) is 2.93. The Balaban J connectivity index is 1.63. The number of nitrogens with one attached hydrogen (secondary N) is 1. The fourth-order valence-electron chi connectivity index (χ4n) is 3.39. The molecule has 0 aliphatic heterocycles. The van der Waals surface area contributed by atoms with Gasteiger partial charge in [-0.1, -0.05) is 12.1 Å². The summed E-state index contributed by atoms with van der Waals surface area (Å²) in [6.45, 7) is 2.20. The Morgan fingerprint density at radius 2 is 2.04 bits per heavy atom. The van der Waals surface area contributed by atoms with Crippen LogP contribution in [-0.2, 0) is 6.42 Å². The molecule has 1 aromatic carbocycles. The summed E-state index contributed by atoms with van der Waals surface area (Å²) in [7, 11) is 0. The predicted octanol–water partition coefficient (Wildman–Crippen LogP) is 1.22. The van der Waals surface area contributed by atoms with Crippen LogP contribution >= 0.6 is 0 Å². The van der Waals surface area contributed by atoms with Crippen molar-refractivity contribution >= 4 is 5.82 Å². The number of benzene rings is 1. The summed E-state index contributed by atoms with van der Waals surface area (Å²) in [5, 5.41) is 3.66. The van der Waals surface area contributed by atoms with Gasteiger partial charge in [-0.3, -0.25) is 4.57 Å². The third-order valence-corrected chi connectivity index (χ3v) is 4.57. The van der Waals surface area contributed by atoms with Gasteiger partial charge in [-0.25, -0.2) is 4.79 Å². The maximum absolute atomic E-state index is 11.9. The van der Waals surface area contributed by atoms with E-state index in [4.69, 9.17) is 11.5 Å². The molecule has 1 fully saturated rings. The maximum atomic E-state index is 11.9. The Bertz CT molecular complexity index is 740. The molecule has 3 atom stereocenters. The van der Waals surface area contributed by atoms with E-state index in [0.717, 1.165) is 31.4 Å². The number of hydrogen-bond acceptors (Lipinski definition) is 5. The van der Waals surface area contributed by atoms with Gasteiger partial charge in [0, 0.05) is 24.3 Å². The minimum Gasteiger partial charge on any atom is -0.383 e. The van der Waals surface area contributed by atoms with E-state index in [1.807, 2.05) is 12.1 Å². The topological polar surface area (TPSA) is 99.0 Å². The lowest BCUT2D eigenvalue weighted by Crippen LogP contribution is -2.37. The van der Waals surface area contributed by atoms with Crippen LogP contribution in [0.1, 0.15) is 31.7 Å². The first kappa shape index (κ1) is 16.7. The van der Waals surface area contributed by atoms with Crippen molar-refractivity contribution < 1.29 is 0 Å². The number of nitrogens with zero attached hydrogens (tertiary/aromatic N) is 2. The minimum atomic E-state index is -0.365. The van der Waals surface area contributed by atoms with Gasteiger partial charge < -0.3 is 16.8 Å². The molecule has 0 amide bonds. The normalized spacial score (nSPS) is 21.8. The van der Waals surface area contributed by atoms with E-state index in [1.54, 1.807) is 12.3 Å². The molecule has 0 spiro atoms. The zero-order chi connectivity index (χ0) is 17.1. The van der Waals surface area contributed by atoms with Crippen LogP contribution in [0.3, 0.4) is 0 Å². The predicted molar refractivity (Wildman–Crippen MR) is 96.2 cm³/mol. The van der Waals surface area contributed by atoms with Gasteiger partial charge in [-0.05, 0) is 56.4 Å². The summed E-state index contributed by atoms with van der Waals surface area (Å²) in [5.41, 5.74) is 13.1. The molecular formula is C18H25N5O. The van der Waals surface area contributed by atoms with Crippen molar-refractivity contribution in [1.82, 2.24) is 14.9 Å². The Hall–Kier alpha value is -2.18. The minimum absolute atomic E-state index is 0.236. The Morgan fingerprint density at radius 1 is 1.29 bits per heavy atom. The van der Waals surface area contributed by atoms with Crippen molar-refractivity contribution in [1.29, 1.82) is 0 Å². The van der Waals surface area contributed by atoms with Gasteiger partial charge in [-0.15, -0.1) is 0 Å². The maximum Gasteiger partial charge on any atom is 0.354 e. The fourth-order valence-corrected chi connectivity index (χ4v) is 3.39. The molecule has 1 saturated carbocycles. The molecular weight excluding hydrogens is 302 g/mol. The molecule has 3 rings (SSSR count). The molecule has 0 bridgehead atoms. The van der Waals surface area contributed by atoms with E-state index < -0.39 is 0 Å². The Labute approximate surface area is 141 Å². The molecule has 1 aromatic heterocycles. The molecule has 5 N–H and O–H groups in total. The molecule has 6 nitrogen and oxygen atoms in total. The highest BCUT2D eigenvalue weighted by Gasteiger charge is 2.22. The molecule has 24 heavy (non-hydrogen) atoms. The second kappa shape index (κ2) is 7.15. The van der Waals surface area contributed by atoms with Crippen LogP contribution in [-0.4, -0.2) is 27.7 Å². The SMILES string of the molecule is CC(Cc1ccc(-n2ccc(N)nc2=O)cc1)N[C@H]1CC[C@@H](N)C1. The van der Waals surface area contributed by atoms with Crippen LogP contribution in [0.15, 0.2) is 41.3 Å². The Kier molecular flexibility index (Phi) is 4.97. The van der Waals surface area contributed by atoms with E-state index in [2.05, 4.69) is 29.4 Å². The van der Waals surface area contributed by atoms with E-state index in [1.165, 1.54) is 10.1 Å². The standard InChI is InChI=1S/C18H25N5O/c1-12(21-15-5-4-14(19)11-15)10-13-2-6-16(7-3-13)23-9-8-17(20)22-18(23)24/h2-3,6-9,12,14-15,21H,4-5,10-11,19H2,1H3,(H2,20,22,24)/t12?,14-,15+/m1/s1. The summed E-state index contributed by atoms with van der Waals surface area (Å²) in [4.78, 5) is 15.6. The third-order valence-electron chi connectivity index (χ3n) is 4.57. The quantitative estimate of drug-likeness (QED) is 0.767. The number of nitrogen functional groups attached to an aromatic ring is 1. The molecule has 6 heteroatoms. The van der Waals surface area contributed by atoms with Crippen LogP contribution in [0.25, 0.3) is 5.69 Å². The van der Waals surface area contributed by atoms with Crippen LogP contribution in [0.2, 0.25) is 0 Å². The second-order valence-electron chi connectivity index (χ2n) is 6.71. The molecule has 2 aromatic rings. The first-order valence-corrected chi connectivity index (χ1v) is 8.47. The molecule has 1 heterocycles. The lowest BCUT2D eigenvalue weighted by Gasteiger charge is -2.19. The smallest absolute Gasteiger partial charge is 0.354 e.